The van der Waals surface area contributed by atoms with Crippen LogP contribution >= 0.6 is 0 Å². The molecule has 0 aliphatic heterocycles. The molecule has 0 saturated carbocycles. The van der Waals surface area contributed by atoms with Gasteiger partial charge in [-0.05, 0) is 19.9 Å². The van der Waals surface area contributed by atoms with Gasteiger partial charge in [-0.25, -0.2) is 9.50 Å². The van der Waals surface area contributed by atoms with Gasteiger partial charge >= 0.3 is 0 Å². The fourth-order valence-corrected chi connectivity index (χ4v) is 1.48. The quantitative estimate of drug-likeness (QED) is 0.611. The third-order valence-electron chi connectivity index (χ3n) is 2.07. The second-order valence-electron chi connectivity index (χ2n) is 2.96. The number of fused-ring (bicyclic) bond motifs is 1. The second kappa shape index (κ2) is 2.65. The minimum Gasteiger partial charge on any atom is -0.298 e. The number of carbonyl (C=O) groups is 1. The molecule has 0 aliphatic carbocycles. The number of rotatable bonds is 1. The fourth-order valence-electron chi connectivity index (χ4n) is 1.48. The van der Waals surface area contributed by atoms with Gasteiger partial charge in [-0.1, -0.05) is 0 Å². The van der Waals surface area contributed by atoms with Crippen LogP contribution in [0.2, 0.25) is 0 Å². The molecule has 0 bridgehead atoms. The lowest BCUT2D eigenvalue weighted by Crippen LogP contribution is -1.97. The van der Waals surface area contributed by atoms with Crippen LogP contribution in [0, 0.1) is 13.8 Å². The number of aryl methyl sites for hydroxylation is 2. The first-order valence-corrected chi connectivity index (χ1v) is 3.99. The van der Waals surface area contributed by atoms with Crippen LogP contribution in [0.15, 0.2) is 12.4 Å². The van der Waals surface area contributed by atoms with E-state index >= 15 is 0 Å². The van der Waals surface area contributed by atoms with E-state index in [2.05, 4.69) is 10.1 Å². The Morgan fingerprint density at radius 3 is 2.92 bits per heavy atom. The van der Waals surface area contributed by atoms with Gasteiger partial charge in [0.25, 0.3) is 0 Å². The minimum absolute atomic E-state index is 0.649. The standard InChI is InChI=1S/C9H9N3O/c1-6-3-8(4-13)9-7(2)10-5-11-12(6)9/h3-5H,1-2H3. The number of hydrogen-bond donors (Lipinski definition) is 0. The summed E-state index contributed by atoms with van der Waals surface area (Å²) >= 11 is 0. The zero-order chi connectivity index (χ0) is 9.42. The topological polar surface area (TPSA) is 47.3 Å². The highest BCUT2D eigenvalue weighted by Gasteiger charge is 2.08. The van der Waals surface area contributed by atoms with Crippen molar-refractivity contribution in [1.29, 1.82) is 0 Å². The lowest BCUT2D eigenvalue weighted by Gasteiger charge is -1.97. The largest absolute Gasteiger partial charge is 0.298 e. The molecule has 0 fully saturated rings. The molecule has 2 rings (SSSR count). The van der Waals surface area contributed by atoms with E-state index in [9.17, 15) is 4.79 Å². The van der Waals surface area contributed by atoms with Crippen LogP contribution in [-0.4, -0.2) is 20.9 Å². The molecular formula is C9H9N3O. The molecule has 2 aromatic rings. The van der Waals surface area contributed by atoms with Crippen molar-refractivity contribution in [3.05, 3.63) is 29.3 Å². The Labute approximate surface area is 75.2 Å². The summed E-state index contributed by atoms with van der Waals surface area (Å²) in [6.45, 7) is 3.77. The van der Waals surface area contributed by atoms with Crippen molar-refractivity contribution in [2.75, 3.05) is 0 Å². The molecule has 0 radical (unpaired) electrons. The van der Waals surface area contributed by atoms with Crippen LogP contribution in [0.3, 0.4) is 0 Å². The SMILES string of the molecule is Cc1ncnn2c(C)cc(C=O)c12. The fraction of sp³-hybridized carbons (Fsp3) is 0.222. The maximum atomic E-state index is 10.7. The molecule has 0 atom stereocenters. The Balaban J connectivity index is 2.96. The summed E-state index contributed by atoms with van der Waals surface area (Å²) < 4.78 is 1.73. The van der Waals surface area contributed by atoms with Gasteiger partial charge in [0, 0.05) is 11.3 Å². The van der Waals surface area contributed by atoms with Crippen LogP contribution in [-0.2, 0) is 0 Å². The molecule has 4 heteroatoms. The van der Waals surface area contributed by atoms with Gasteiger partial charge < -0.3 is 0 Å². The Morgan fingerprint density at radius 2 is 2.23 bits per heavy atom. The number of nitrogens with zero attached hydrogens (tertiary/aromatic N) is 3. The van der Waals surface area contributed by atoms with Gasteiger partial charge in [-0.3, -0.25) is 4.79 Å². The smallest absolute Gasteiger partial charge is 0.152 e. The second-order valence-corrected chi connectivity index (χ2v) is 2.96. The highest BCUT2D eigenvalue weighted by molar-refractivity contribution is 5.87. The molecule has 0 spiro atoms. The number of hydrogen-bond acceptors (Lipinski definition) is 3. The molecule has 4 nitrogen and oxygen atoms in total. The van der Waals surface area contributed by atoms with E-state index in [1.54, 1.807) is 4.52 Å². The normalized spacial score (nSPS) is 10.6. The van der Waals surface area contributed by atoms with Gasteiger partial charge in [0.2, 0.25) is 0 Å². The third kappa shape index (κ3) is 1.02. The summed E-state index contributed by atoms with van der Waals surface area (Å²) in [5, 5.41) is 4.06. The third-order valence-corrected chi connectivity index (χ3v) is 2.07. The summed E-state index contributed by atoms with van der Waals surface area (Å²) in [6.07, 6.45) is 2.32. The molecule has 0 aromatic carbocycles. The summed E-state index contributed by atoms with van der Waals surface area (Å²) in [5.41, 5.74) is 3.22. The summed E-state index contributed by atoms with van der Waals surface area (Å²) in [5.74, 6) is 0. The van der Waals surface area contributed by atoms with Crippen LogP contribution in [0.1, 0.15) is 21.7 Å². The van der Waals surface area contributed by atoms with Crippen LogP contribution in [0.5, 0.6) is 0 Å². The lowest BCUT2D eigenvalue weighted by atomic mass is 10.2. The van der Waals surface area contributed by atoms with Gasteiger partial charge in [0.15, 0.2) is 6.29 Å². The average Bonchev–Trinajstić information content (AvgIpc) is 2.45. The van der Waals surface area contributed by atoms with Gasteiger partial charge in [-0.15, -0.1) is 0 Å². The number of aromatic nitrogens is 3. The highest BCUT2D eigenvalue weighted by atomic mass is 16.1. The van der Waals surface area contributed by atoms with Gasteiger partial charge in [0.05, 0.1) is 11.2 Å². The molecule has 0 unspecified atom stereocenters. The Morgan fingerprint density at radius 1 is 1.46 bits per heavy atom. The van der Waals surface area contributed by atoms with Crippen molar-refractivity contribution in [1.82, 2.24) is 14.6 Å². The zero-order valence-electron chi connectivity index (χ0n) is 7.48. The summed E-state index contributed by atoms with van der Waals surface area (Å²) in [7, 11) is 0. The Kier molecular flexibility index (Phi) is 1.62. The van der Waals surface area contributed by atoms with E-state index in [-0.39, 0.29) is 0 Å². The van der Waals surface area contributed by atoms with E-state index in [0.29, 0.717) is 5.56 Å². The van der Waals surface area contributed by atoms with E-state index in [1.165, 1.54) is 6.33 Å². The zero-order valence-corrected chi connectivity index (χ0v) is 7.48. The van der Waals surface area contributed by atoms with Crippen molar-refractivity contribution >= 4 is 11.8 Å². The van der Waals surface area contributed by atoms with E-state index < -0.39 is 0 Å². The first-order chi connectivity index (χ1) is 6.24. The molecule has 66 valence electrons. The molecule has 0 N–H and O–H groups in total. The minimum atomic E-state index is 0.649. The van der Waals surface area contributed by atoms with Crippen LogP contribution in [0.25, 0.3) is 5.52 Å². The Bertz CT molecular complexity index is 473. The molecule has 2 heterocycles. The molecular weight excluding hydrogens is 166 g/mol. The lowest BCUT2D eigenvalue weighted by molar-refractivity contribution is 0.112. The Hall–Kier alpha value is -1.71. The van der Waals surface area contributed by atoms with Crippen LogP contribution in [0.4, 0.5) is 0 Å². The van der Waals surface area contributed by atoms with Crippen LogP contribution < -0.4 is 0 Å². The van der Waals surface area contributed by atoms with Gasteiger partial charge in [-0.2, -0.15) is 5.10 Å². The molecule has 0 aliphatic rings. The van der Waals surface area contributed by atoms with Crippen molar-refractivity contribution in [3.8, 4) is 0 Å². The van der Waals surface area contributed by atoms with E-state index in [4.69, 9.17) is 0 Å². The van der Waals surface area contributed by atoms with Gasteiger partial charge in [0.1, 0.15) is 6.33 Å². The number of aldehydes is 1. The average molecular weight is 175 g/mol. The predicted octanol–water partition coefficient (Wildman–Crippen LogP) is 1.16. The van der Waals surface area contributed by atoms with Crippen molar-refractivity contribution < 1.29 is 4.79 Å². The summed E-state index contributed by atoms with van der Waals surface area (Å²) in [4.78, 5) is 14.8. The van der Waals surface area contributed by atoms with E-state index in [0.717, 1.165) is 23.2 Å². The van der Waals surface area contributed by atoms with Crippen molar-refractivity contribution in [2.24, 2.45) is 0 Å². The molecule has 0 saturated heterocycles. The first kappa shape index (κ1) is 7.91. The monoisotopic (exact) mass is 175 g/mol. The molecule has 0 amide bonds. The molecule has 13 heavy (non-hydrogen) atoms. The predicted molar refractivity (Wildman–Crippen MR) is 47.8 cm³/mol. The maximum absolute atomic E-state index is 10.7. The summed E-state index contributed by atoms with van der Waals surface area (Å²) in [6, 6.07) is 1.81. The highest BCUT2D eigenvalue weighted by Crippen LogP contribution is 2.15. The van der Waals surface area contributed by atoms with Crippen molar-refractivity contribution in [2.45, 2.75) is 13.8 Å². The van der Waals surface area contributed by atoms with E-state index in [1.807, 2.05) is 19.9 Å². The number of carbonyl (C=O) groups excluding carboxylic acids is 1. The molecule has 2 aromatic heterocycles. The van der Waals surface area contributed by atoms with Crippen molar-refractivity contribution in [3.63, 3.8) is 0 Å². The maximum Gasteiger partial charge on any atom is 0.152 e. The first-order valence-electron chi connectivity index (χ1n) is 3.99.